The van der Waals surface area contributed by atoms with E-state index in [1.54, 1.807) is 0 Å². The van der Waals surface area contributed by atoms with E-state index in [2.05, 4.69) is 20.8 Å². The Morgan fingerprint density at radius 1 is 1.20 bits per heavy atom. The molecule has 0 nitrogen and oxygen atoms in total. The molecule has 0 spiro atoms. The summed E-state index contributed by atoms with van der Waals surface area (Å²) in [5.74, 6) is 0. The van der Waals surface area contributed by atoms with Gasteiger partial charge in [0, 0.05) is 0 Å². The molecule has 0 amide bonds. The van der Waals surface area contributed by atoms with Gasteiger partial charge in [0.1, 0.15) is 0 Å². The minimum Gasteiger partial charge on any atom is -0.0622 e. The molecule has 0 aliphatic rings. The Balaban J connectivity index is 2.99. The molecule has 1 aromatic rings. The van der Waals surface area contributed by atoms with Crippen LogP contribution in [0.3, 0.4) is 0 Å². The number of rotatable bonds is 0. The van der Waals surface area contributed by atoms with Crippen molar-refractivity contribution >= 4 is 0 Å². The van der Waals surface area contributed by atoms with Gasteiger partial charge in [-0.2, -0.15) is 0 Å². The monoisotopic (exact) mass is 135 g/mol. The molecule has 54 valence electrons. The highest BCUT2D eigenvalue weighted by atomic mass is 14.2. The summed E-state index contributed by atoms with van der Waals surface area (Å²) in [5.41, 5.74) is 1.49. The maximum Gasteiger partial charge on any atom is 0.0623 e. The molecule has 0 saturated heterocycles. The van der Waals surface area contributed by atoms with E-state index in [0.29, 0.717) is 6.04 Å². The molecule has 0 aliphatic carbocycles. The minimum atomic E-state index is 0.202. The van der Waals surface area contributed by atoms with Gasteiger partial charge in [-0.1, -0.05) is 51.1 Å². The minimum absolute atomic E-state index is 0.202. The third kappa shape index (κ3) is 1.60. The second kappa shape index (κ2) is 2.45. The van der Waals surface area contributed by atoms with Gasteiger partial charge in [-0.3, -0.25) is 0 Å². The Morgan fingerprint density at radius 2 is 1.70 bits per heavy atom. The summed E-state index contributed by atoms with van der Waals surface area (Å²) < 4.78 is 7.30. The smallest absolute Gasteiger partial charge is 0.0622 e. The molecule has 1 rings (SSSR count). The number of hydrogen-bond acceptors (Lipinski definition) is 0. The van der Waals surface area contributed by atoms with Crippen LogP contribution in [0.15, 0.2) is 30.3 Å². The van der Waals surface area contributed by atoms with Gasteiger partial charge >= 0.3 is 0 Å². The Kier molecular flexibility index (Phi) is 1.46. The van der Waals surface area contributed by atoms with Gasteiger partial charge in [-0.25, -0.2) is 0 Å². The molecule has 0 heteroatoms. The normalized spacial score (nSPS) is 12.9. The molecule has 0 fully saturated rings. The molecule has 0 heterocycles. The van der Waals surface area contributed by atoms with Crippen LogP contribution in [0.4, 0.5) is 0 Å². The van der Waals surface area contributed by atoms with Gasteiger partial charge in [0.05, 0.1) is 1.37 Å². The zero-order valence-electron chi connectivity index (χ0n) is 7.81. The first-order valence-electron chi connectivity index (χ1n) is 4.07. The maximum absolute atomic E-state index is 7.30. The van der Waals surface area contributed by atoms with Crippen molar-refractivity contribution in [2.24, 2.45) is 0 Å². The standard InChI is InChI=1S/C10H14/c1-10(2,3)9-7-5-4-6-8-9/h4-8H,1-3H3/i4D. The zero-order valence-corrected chi connectivity index (χ0v) is 6.81. The number of benzene rings is 1. The summed E-state index contributed by atoms with van der Waals surface area (Å²) in [6, 6.07) is 8.28. The van der Waals surface area contributed by atoms with Gasteiger partial charge in [-0.05, 0) is 11.0 Å². The predicted octanol–water partition coefficient (Wildman–Crippen LogP) is 2.98. The van der Waals surface area contributed by atoms with E-state index in [1.807, 2.05) is 24.3 Å². The van der Waals surface area contributed by atoms with Crippen LogP contribution in [-0.4, -0.2) is 0 Å². The van der Waals surface area contributed by atoms with E-state index in [0.717, 1.165) is 0 Å². The van der Waals surface area contributed by atoms with Crippen molar-refractivity contribution in [3.05, 3.63) is 35.9 Å². The van der Waals surface area contributed by atoms with Crippen molar-refractivity contribution in [1.29, 1.82) is 0 Å². The molecular weight excluding hydrogens is 120 g/mol. The van der Waals surface area contributed by atoms with Crippen LogP contribution < -0.4 is 0 Å². The third-order valence-corrected chi connectivity index (χ3v) is 1.58. The summed E-state index contributed by atoms with van der Waals surface area (Å²) in [4.78, 5) is 0. The molecule has 0 N–H and O–H groups in total. The summed E-state index contributed by atoms with van der Waals surface area (Å²) in [7, 11) is 0. The average Bonchev–Trinajstić information content (AvgIpc) is 1.86. The highest BCUT2D eigenvalue weighted by Gasteiger charge is 2.11. The van der Waals surface area contributed by atoms with Crippen LogP contribution in [0, 0.1) is 0 Å². The highest BCUT2D eigenvalue weighted by Crippen LogP contribution is 2.20. The first-order valence-corrected chi connectivity index (χ1v) is 3.57. The van der Waals surface area contributed by atoms with Crippen molar-refractivity contribution in [2.45, 2.75) is 26.2 Å². The fraction of sp³-hybridized carbons (Fsp3) is 0.400. The second-order valence-electron chi connectivity index (χ2n) is 3.54. The van der Waals surface area contributed by atoms with Gasteiger partial charge in [0.15, 0.2) is 0 Å². The Bertz CT molecular complexity index is 228. The van der Waals surface area contributed by atoms with Crippen molar-refractivity contribution in [1.82, 2.24) is 0 Å². The fourth-order valence-electron chi connectivity index (χ4n) is 0.887. The van der Waals surface area contributed by atoms with Crippen LogP contribution in [0.1, 0.15) is 27.7 Å². The average molecular weight is 135 g/mol. The van der Waals surface area contributed by atoms with E-state index in [9.17, 15) is 0 Å². The fourth-order valence-corrected chi connectivity index (χ4v) is 0.887. The molecule has 0 bridgehead atoms. The lowest BCUT2D eigenvalue weighted by atomic mass is 9.87. The van der Waals surface area contributed by atoms with Crippen LogP contribution in [0.2, 0.25) is 0 Å². The lowest BCUT2D eigenvalue weighted by Crippen LogP contribution is -2.10. The van der Waals surface area contributed by atoms with Crippen molar-refractivity contribution in [3.8, 4) is 0 Å². The molecule has 0 aliphatic heterocycles. The summed E-state index contributed by atoms with van der Waals surface area (Å²) >= 11 is 0. The second-order valence-corrected chi connectivity index (χ2v) is 3.54. The highest BCUT2D eigenvalue weighted by molar-refractivity contribution is 5.21. The van der Waals surface area contributed by atoms with Crippen LogP contribution in [0.25, 0.3) is 0 Å². The Labute approximate surface area is 64.3 Å². The van der Waals surface area contributed by atoms with Gasteiger partial charge in [0.25, 0.3) is 0 Å². The maximum atomic E-state index is 7.30. The van der Waals surface area contributed by atoms with Crippen molar-refractivity contribution in [2.75, 3.05) is 0 Å². The molecule has 0 saturated carbocycles. The lowest BCUT2D eigenvalue weighted by molar-refractivity contribution is 0.590. The van der Waals surface area contributed by atoms with Gasteiger partial charge < -0.3 is 0 Å². The molecule has 1 aromatic carbocycles. The predicted molar refractivity (Wildman–Crippen MR) is 45.1 cm³/mol. The summed E-state index contributed by atoms with van der Waals surface area (Å²) in [6.07, 6.45) is 0. The van der Waals surface area contributed by atoms with E-state index in [-0.39, 0.29) is 5.41 Å². The topological polar surface area (TPSA) is 0 Å². The van der Waals surface area contributed by atoms with Gasteiger partial charge in [-0.15, -0.1) is 0 Å². The molecule has 0 radical (unpaired) electrons. The molecule has 0 aromatic heterocycles. The van der Waals surface area contributed by atoms with Crippen molar-refractivity contribution < 1.29 is 1.37 Å². The van der Waals surface area contributed by atoms with Crippen LogP contribution >= 0.6 is 0 Å². The quantitative estimate of drug-likeness (QED) is 0.513. The van der Waals surface area contributed by atoms with E-state index < -0.39 is 0 Å². The zero-order chi connectivity index (χ0) is 8.48. The molecule has 0 unspecified atom stereocenters. The molecular formula is C10H14. The van der Waals surface area contributed by atoms with E-state index in [1.165, 1.54) is 5.56 Å². The summed E-state index contributed by atoms with van der Waals surface area (Å²) in [5, 5.41) is 0. The van der Waals surface area contributed by atoms with Crippen molar-refractivity contribution in [3.63, 3.8) is 0 Å². The van der Waals surface area contributed by atoms with E-state index >= 15 is 0 Å². The SMILES string of the molecule is [2H]c1ccc(C(C)(C)C)cc1. The largest absolute Gasteiger partial charge is 0.0623 e. The van der Waals surface area contributed by atoms with Crippen LogP contribution in [0.5, 0.6) is 0 Å². The molecule has 10 heavy (non-hydrogen) atoms. The third-order valence-electron chi connectivity index (χ3n) is 1.58. The Hall–Kier alpha value is -0.780. The van der Waals surface area contributed by atoms with E-state index in [4.69, 9.17) is 1.37 Å². The van der Waals surface area contributed by atoms with Gasteiger partial charge in [0.2, 0.25) is 0 Å². The Morgan fingerprint density at radius 3 is 2.10 bits per heavy atom. The van der Waals surface area contributed by atoms with Crippen LogP contribution in [-0.2, 0) is 5.41 Å². The first kappa shape index (κ1) is 5.96. The lowest BCUT2D eigenvalue weighted by Gasteiger charge is -2.18. The number of hydrogen-bond donors (Lipinski definition) is 0. The molecule has 0 atom stereocenters. The first-order chi connectivity index (χ1) is 5.00. The summed E-state index contributed by atoms with van der Waals surface area (Å²) in [6.45, 7) is 6.52.